The summed E-state index contributed by atoms with van der Waals surface area (Å²) in [5.41, 5.74) is 0.665. The molecule has 0 saturated heterocycles. The Labute approximate surface area is 129 Å². The van der Waals surface area contributed by atoms with Gasteiger partial charge in [0.1, 0.15) is 5.82 Å². The van der Waals surface area contributed by atoms with E-state index in [9.17, 15) is 4.39 Å². The molecule has 0 bridgehead atoms. The van der Waals surface area contributed by atoms with Crippen LogP contribution in [0.2, 0.25) is 4.34 Å². The van der Waals surface area contributed by atoms with Crippen molar-refractivity contribution in [3.8, 4) is 0 Å². The molecule has 2 unspecified atom stereocenters. The van der Waals surface area contributed by atoms with Gasteiger partial charge in [0.2, 0.25) is 0 Å². The highest BCUT2D eigenvalue weighted by atomic mass is 79.9. The molecule has 2 atom stereocenters. The number of thiophene rings is 1. The first-order valence-electron chi connectivity index (χ1n) is 5.93. The van der Waals surface area contributed by atoms with Gasteiger partial charge in [0.25, 0.3) is 0 Å². The van der Waals surface area contributed by atoms with Crippen molar-refractivity contribution in [1.29, 1.82) is 0 Å². The Kier molecular flexibility index (Phi) is 5.01. The lowest BCUT2D eigenvalue weighted by Gasteiger charge is -2.20. The fourth-order valence-electron chi connectivity index (χ4n) is 1.96. The van der Waals surface area contributed by atoms with E-state index in [1.54, 1.807) is 17.4 Å². The third-order valence-corrected chi connectivity index (χ3v) is 4.86. The summed E-state index contributed by atoms with van der Waals surface area (Å²) in [4.78, 5) is 1.15. The van der Waals surface area contributed by atoms with Gasteiger partial charge in [-0.2, -0.15) is 0 Å². The van der Waals surface area contributed by atoms with Crippen molar-refractivity contribution < 1.29 is 4.39 Å². The van der Waals surface area contributed by atoms with Crippen LogP contribution in [0.1, 0.15) is 36.4 Å². The minimum atomic E-state index is -0.203. The summed E-state index contributed by atoms with van der Waals surface area (Å²) in [7, 11) is 0. The Balaban J connectivity index is 2.10. The van der Waals surface area contributed by atoms with E-state index in [0.29, 0.717) is 5.56 Å². The first kappa shape index (κ1) is 15.0. The van der Waals surface area contributed by atoms with Gasteiger partial charge in [-0.1, -0.05) is 33.6 Å². The van der Waals surface area contributed by atoms with Gasteiger partial charge >= 0.3 is 0 Å². The lowest BCUT2D eigenvalue weighted by atomic mass is 10.1. The predicted molar refractivity (Wildman–Crippen MR) is 83.4 cm³/mol. The summed E-state index contributed by atoms with van der Waals surface area (Å²) >= 11 is 10.7. The van der Waals surface area contributed by atoms with Crippen LogP contribution in [0, 0.1) is 5.82 Å². The van der Waals surface area contributed by atoms with Gasteiger partial charge in [0.15, 0.2) is 0 Å². The van der Waals surface area contributed by atoms with E-state index >= 15 is 0 Å². The van der Waals surface area contributed by atoms with Gasteiger partial charge in [0.05, 0.1) is 4.34 Å². The molecule has 1 N–H and O–H groups in total. The largest absolute Gasteiger partial charge is 0.303 e. The molecule has 5 heteroatoms. The number of rotatable bonds is 4. The Morgan fingerprint density at radius 2 is 1.95 bits per heavy atom. The molecule has 1 nitrogen and oxygen atoms in total. The predicted octanol–water partition coefficient (Wildman–Crippen LogP) is 5.71. The van der Waals surface area contributed by atoms with Crippen molar-refractivity contribution in [1.82, 2.24) is 5.32 Å². The average Bonchev–Trinajstić information content (AvgIpc) is 2.75. The van der Waals surface area contributed by atoms with Gasteiger partial charge < -0.3 is 5.32 Å². The highest BCUT2D eigenvalue weighted by molar-refractivity contribution is 9.10. The molecule has 2 aromatic rings. The van der Waals surface area contributed by atoms with Crippen LogP contribution in [0.15, 0.2) is 34.8 Å². The molecule has 0 aliphatic carbocycles. The number of benzene rings is 1. The Morgan fingerprint density at radius 3 is 2.53 bits per heavy atom. The lowest BCUT2D eigenvalue weighted by Crippen LogP contribution is -2.22. The number of halogens is 3. The van der Waals surface area contributed by atoms with Gasteiger partial charge in [-0.3, -0.25) is 0 Å². The molecular formula is C14H14BrClFNS. The monoisotopic (exact) mass is 361 g/mol. The summed E-state index contributed by atoms with van der Waals surface area (Å²) < 4.78 is 15.4. The molecule has 1 heterocycles. The first-order chi connectivity index (χ1) is 8.97. The second kappa shape index (κ2) is 6.35. The van der Waals surface area contributed by atoms with E-state index in [-0.39, 0.29) is 17.9 Å². The van der Waals surface area contributed by atoms with Gasteiger partial charge in [-0.05, 0) is 38.1 Å². The van der Waals surface area contributed by atoms with E-state index in [1.807, 2.05) is 25.1 Å². The topological polar surface area (TPSA) is 12.0 Å². The standard InChI is InChI=1S/C14H14BrClFNS/c1-8(11-4-3-10(15)7-12(11)17)18-9(2)13-5-6-14(16)19-13/h3-9,18H,1-2H3. The Bertz CT molecular complexity index is 572. The van der Waals surface area contributed by atoms with Crippen LogP contribution in [0.3, 0.4) is 0 Å². The van der Waals surface area contributed by atoms with Crippen LogP contribution in [0.5, 0.6) is 0 Å². The zero-order valence-corrected chi connectivity index (χ0v) is 13.7. The number of hydrogen-bond donors (Lipinski definition) is 1. The fraction of sp³-hybridized carbons (Fsp3) is 0.286. The third kappa shape index (κ3) is 3.78. The first-order valence-corrected chi connectivity index (χ1v) is 7.92. The molecule has 102 valence electrons. The van der Waals surface area contributed by atoms with E-state index < -0.39 is 0 Å². The molecular weight excluding hydrogens is 349 g/mol. The average molecular weight is 363 g/mol. The normalized spacial score (nSPS) is 14.4. The van der Waals surface area contributed by atoms with E-state index in [0.717, 1.165) is 13.7 Å². The second-order valence-electron chi connectivity index (χ2n) is 4.42. The van der Waals surface area contributed by atoms with Crippen LogP contribution in [0.25, 0.3) is 0 Å². The van der Waals surface area contributed by atoms with Crippen molar-refractivity contribution in [2.45, 2.75) is 25.9 Å². The van der Waals surface area contributed by atoms with Crippen molar-refractivity contribution in [2.24, 2.45) is 0 Å². The minimum Gasteiger partial charge on any atom is -0.303 e. The van der Waals surface area contributed by atoms with Gasteiger partial charge in [-0.25, -0.2) is 4.39 Å². The molecule has 0 fully saturated rings. The number of nitrogens with one attached hydrogen (secondary N) is 1. The van der Waals surface area contributed by atoms with E-state index in [2.05, 4.69) is 28.2 Å². The van der Waals surface area contributed by atoms with Gasteiger partial charge in [0, 0.05) is 27.0 Å². The molecule has 0 radical (unpaired) electrons. The number of hydrogen-bond acceptors (Lipinski definition) is 2. The molecule has 0 aliphatic rings. The van der Waals surface area contributed by atoms with Crippen LogP contribution in [-0.4, -0.2) is 0 Å². The summed E-state index contributed by atoms with van der Waals surface area (Å²) in [6.07, 6.45) is 0. The molecule has 19 heavy (non-hydrogen) atoms. The van der Waals surface area contributed by atoms with Gasteiger partial charge in [-0.15, -0.1) is 11.3 Å². The van der Waals surface area contributed by atoms with Crippen molar-refractivity contribution >= 4 is 38.9 Å². The maximum absolute atomic E-state index is 13.9. The quantitative estimate of drug-likeness (QED) is 0.734. The van der Waals surface area contributed by atoms with E-state index in [4.69, 9.17) is 11.6 Å². The van der Waals surface area contributed by atoms with E-state index in [1.165, 1.54) is 6.07 Å². The third-order valence-electron chi connectivity index (χ3n) is 2.95. The molecule has 2 rings (SSSR count). The summed E-state index contributed by atoms with van der Waals surface area (Å²) in [6.45, 7) is 4.01. The Hall–Kier alpha value is -0.420. The Morgan fingerprint density at radius 1 is 1.21 bits per heavy atom. The zero-order valence-electron chi connectivity index (χ0n) is 10.6. The minimum absolute atomic E-state index is 0.0658. The van der Waals surface area contributed by atoms with Crippen LogP contribution in [-0.2, 0) is 0 Å². The highest BCUT2D eigenvalue weighted by Gasteiger charge is 2.15. The molecule has 1 aromatic carbocycles. The molecule has 0 amide bonds. The van der Waals surface area contributed by atoms with Crippen LogP contribution in [0.4, 0.5) is 4.39 Å². The molecule has 1 aromatic heterocycles. The van der Waals surface area contributed by atoms with Crippen LogP contribution < -0.4 is 5.32 Å². The second-order valence-corrected chi connectivity index (χ2v) is 7.08. The summed E-state index contributed by atoms with van der Waals surface area (Å²) in [6, 6.07) is 9.08. The molecule has 0 saturated carbocycles. The fourth-order valence-corrected chi connectivity index (χ4v) is 3.37. The SMILES string of the molecule is CC(NC(C)c1ccc(Br)cc1F)c1ccc(Cl)s1. The maximum atomic E-state index is 13.9. The zero-order chi connectivity index (χ0) is 14.0. The van der Waals surface area contributed by atoms with Crippen molar-refractivity contribution in [3.05, 3.63) is 55.4 Å². The lowest BCUT2D eigenvalue weighted by molar-refractivity contribution is 0.478. The smallest absolute Gasteiger partial charge is 0.129 e. The summed E-state index contributed by atoms with van der Waals surface area (Å²) in [5, 5.41) is 3.38. The van der Waals surface area contributed by atoms with Crippen molar-refractivity contribution in [2.75, 3.05) is 0 Å². The van der Waals surface area contributed by atoms with Crippen LogP contribution >= 0.6 is 38.9 Å². The maximum Gasteiger partial charge on any atom is 0.129 e. The highest BCUT2D eigenvalue weighted by Crippen LogP contribution is 2.29. The molecule has 0 aliphatic heterocycles. The molecule has 0 spiro atoms. The summed E-state index contributed by atoms with van der Waals surface area (Å²) in [5.74, 6) is -0.203. The van der Waals surface area contributed by atoms with Crippen molar-refractivity contribution in [3.63, 3.8) is 0 Å².